The van der Waals surface area contributed by atoms with Crippen molar-refractivity contribution in [2.45, 2.75) is 51.9 Å². The number of amidine groups is 1. The molecule has 2 aromatic rings. The van der Waals surface area contributed by atoms with Gasteiger partial charge in [-0.2, -0.15) is 0 Å². The Morgan fingerprint density at radius 2 is 2.03 bits per heavy atom. The molecule has 37 heavy (non-hydrogen) atoms. The van der Waals surface area contributed by atoms with Gasteiger partial charge in [0.1, 0.15) is 29.4 Å². The number of benzene rings is 1. The number of hydrogen-bond acceptors (Lipinski definition) is 7. The number of carbonyl (C=O) groups excluding carboxylic acids is 1. The molecular formula is C27H32F2N6O2. The summed E-state index contributed by atoms with van der Waals surface area (Å²) in [4.78, 5) is 23.9. The van der Waals surface area contributed by atoms with Crippen LogP contribution in [0.1, 0.15) is 32.4 Å². The molecule has 1 amide bonds. The molecule has 1 aromatic carbocycles. The number of hydrogen-bond donors (Lipinski definition) is 2. The topological polar surface area (TPSA) is 93.9 Å². The third-order valence-corrected chi connectivity index (χ3v) is 6.50. The van der Waals surface area contributed by atoms with Crippen molar-refractivity contribution in [3.63, 3.8) is 0 Å². The molecule has 10 heteroatoms. The van der Waals surface area contributed by atoms with E-state index in [1.165, 1.54) is 23.2 Å². The van der Waals surface area contributed by atoms with Crippen LogP contribution in [0.3, 0.4) is 0 Å². The Kier molecular flexibility index (Phi) is 7.97. The van der Waals surface area contributed by atoms with Gasteiger partial charge in [-0.1, -0.05) is 0 Å². The van der Waals surface area contributed by atoms with Crippen molar-refractivity contribution < 1.29 is 18.3 Å². The van der Waals surface area contributed by atoms with Crippen LogP contribution in [0.4, 0.5) is 20.3 Å². The highest BCUT2D eigenvalue weighted by atomic mass is 19.1. The SMILES string of the molecule is C/C(=N/c1c(-c2ccc(F)cc2F)cc(N2CC(C)OC(/C(C=N)=C/NC3CC3)C2)nc1C)N(C)C=O. The Bertz CT molecular complexity index is 1240. The average Bonchev–Trinajstić information content (AvgIpc) is 3.69. The van der Waals surface area contributed by atoms with E-state index in [1.807, 2.05) is 18.0 Å². The van der Waals surface area contributed by atoms with Gasteiger partial charge in [-0.05, 0) is 51.8 Å². The quantitative estimate of drug-likeness (QED) is 0.313. The highest BCUT2D eigenvalue weighted by molar-refractivity contribution is 5.93. The van der Waals surface area contributed by atoms with E-state index in [2.05, 4.69) is 10.3 Å². The molecule has 1 aliphatic heterocycles. The van der Waals surface area contributed by atoms with Crippen molar-refractivity contribution in [3.05, 3.63) is 53.4 Å². The van der Waals surface area contributed by atoms with Crippen LogP contribution in [0.25, 0.3) is 11.1 Å². The maximum atomic E-state index is 15.0. The minimum atomic E-state index is -0.720. The van der Waals surface area contributed by atoms with Crippen LogP contribution in [0, 0.1) is 24.0 Å². The lowest BCUT2D eigenvalue weighted by Crippen LogP contribution is -2.48. The second kappa shape index (κ2) is 11.2. The third kappa shape index (κ3) is 6.19. The normalized spacial score (nSPS) is 20.5. The van der Waals surface area contributed by atoms with Gasteiger partial charge in [0, 0.05) is 54.8 Å². The number of anilines is 1. The molecule has 1 aliphatic carbocycles. The van der Waals surface area contributed by atoms with Crippen LogP contribution in [0.2, 0.25) is 0 Å². The highest BCUT2D eigenvalue weighted by Crippen LogP contribution is 2.38. The number of halogens is 2. The minimum absolute atomic E-state index is 0.141. The number of nitrogens with zero attached hydrogens (tertiary/aromatic N) is 4. The van der Waals surface area contributed by atoms with Crippen molar-refractivity contribution in [3.8, 4) is 11.1 Å². The molecule has 1 saturated heterocycles. The van der Waals surface area contributed by atoms with Gasteiger partial charge in [0.15, 0.2) is 0 Å². The van der Waals surface area contributed by atoms with Gasteiger partial charge < -0.3 is 25.3 Å². The highest BCUT2D eigenvalue weighted by Gasteiger charge is 2.30. The summed E-state index contributed by atoms with van der Waals surface area (Å²) in [6.07, 6.45) is 5.55. The Labute approximate surface area is 215 Å². The molecule has 8 nitrogen and oxygen atoms in total. The van der Waals surface area contributed by atoms with Crippen LogP contribution < -0.4 is 10.2 Å². The molecule has 2 unspecified atom stereocenters. The van der Waals surface area contributed by atoms with E-state index in [0.29, 0.717) is 54.1 Å². The maximum Gasteiger partial charge on any atom is 0.214 e. The van der Waals surface area contributed by atoms with Crippen molar-refractivity contribution in [1.82, 2.24) is 15.2 Å². The van der Waals surface area contributed by atoms with Crippen LogP contribution >= 0.6 is 0 Å². The zero-order valence-electron chi connectivity index (χ0n) is 21.5. The van der Waals surface area contributed by atoms with Crippen molar-refractivity contribution in [1.29, 1.82) is 5.41 Å². The van der Waals surface area contributed by atoms with Gasteiger partial charge in [-0.15, -0.1) is 0 Å². The molecule has 0 spiro atoms. The number of rotatable bonds is 8. The smallest absolute Gasteiger partial charge is 0.214 e. The number of carbonyl (C=O) groups is 1. The number of nitrogens with one attached hydrogen (secondary N) is 2. The molecule has 4 rings (SSSR count). The molecule has 2 N–H and O–H groups in total. The third-order valence-electron chi connectivity index (χ3n) is 6.50. The van der Waals surface area contributed by atoms with Crippen molar-refractivity contribution in [2.24, 2.45) is 4.99 Å². The number of ether oxygens (including phenoxy) is 1. The fourth-order valence-electron chi connectivity index (χ4n) is 4.20. The second-order valence-corrected chi connectivity index (χ2v) is 9.53. The Hall–Kier alpha value is -3.66. The van der Waals surface area contributed by atoms with Crippen LogP contribution in [-0.2, 0) is 9.53 Å². The molecule has 0 radical (unpaired) electrons. The summed E-state index contributed by atoms with van der Waals surface area (Å²) in [7, 11) is 1.57. The number of pyridine rings is 1. The van der Waals surface area contributed by atoms with E-state index in [4.69, 9.17) is 15.1 Å². The second-order valence-electron chi connectivity index (χ2n) is 9.53. The van der Waals surface area contributed by atoms with E-state index in [9.17, 15) is 13.6 Å². The van der Waals surface area contributed by atoms with Crippen molar-refractivity contribution in [2.75, 3.05) is 25.0 Å². The molecule has 1 aromatic heterocycles. The lowest BCUT2D eigenvalue weighted by molar-refractivity contribution is -0.114. The first-order valence-electron chi connectivity index (χ1n) is 12.3. The number of amides is 1. The number of aryl methyl sites for hydroxylation is 1. The van der Waals surface area contributed by atoms with Gasteiger partial charge in [-0.3, -0.25) is 4.79 Å². The van der Waals surface area contributed by atoms with E-state index in [0.717, 1.165) is 24.5 Å². The van der Waals surface area contributed by atoms with Crippen LogP contribution in [0.5, 0.6) is 0 Å². The molecule has 0 bridgehead atoms. The van der Waals surface area contributed by atoms with Crippen LogP contribution in [-0.4, -0.2) is 66.7 Å². The first-order chi connectivity index (χ1) is 17.7. The van der Waals surface area contributed by atoms with E-state index < -0.39 is 11.6 Å². The summed E-state index contributed by atoms with van der Waals surface area (Å²) in [6.45, 7) is 6.39. The zero-order valence-corrected chi connectivity index (χ0v) is 21.5. The standard InChI is InChI=1S/C27H32F2N6O2/c1-16-13-35(14-25(37-16)19(11-30)12-31-21-6-7-21)26-10-23(22-8-5-20(28)9-24(22)29)27(17(2)32-26)33-18(3)34(4)15-36/h5,8-12,15-16,21,25,30-31H,6-7,13-14H2,1-4H3/b19-12+,30-11?,33-18-. The summed E-state index contributed by atoms with van der Waals surface area (Å²) >= 11 is 0. The summed E-state index contributed by atoms with van der Waals surface area (Å²) in [5.41, 5.74) is 2.28. The first kappa shape index (κ1) is 26.4. The van der Waals surface area contributed by atoms with Crippen LogP contribution in [0.15, 0.2) is 41.0 Å². The van der Waals surface area contributed by atoms with Crippen molar-refractivity contribution >= 4 is 30.0 Å². The largest absolute Gasteiger partial charge is 0.388 e. The number of aromatic nitrogens is 1. The van der Waals surface area contributed by atoms with E-state index in [1.54, 1.807) is 27.0 Å². The predicted molar refractivity (Wildman–Crippen MR) is 140 cm³/mol. The fraction of sp³-hybridized carbons (Fsp3) is 0.407. The van der Waals surface area contributed by atoms with Gasteiger partial charge >= 0.3 is 0 Å². The Balaban J connectivity index is 1.76. The van der Waals surface area contributed by atoms with Gasteiger partial charge in [0.05, 0.1) is 24.0 Å². The molecular weight excluding hydrogens is 478 g/mol. The monoisotopic (exact) mass is 510 g/mol. The first-order valence-corrected chi connectivity index (χ1v) is 12.3. The summed E-state index contributed by atoms with van der Waals surface area (Å²) < 4.78 is 34.8. The molecule has 2 fully saturated rings. The predicted octanol–water partition coefficient (Wildman–Crippen LogP) is 4.35. The lowest BCUT2D eigenvalue weighted by atomic mass is 10.0. The molecule has 2 aliphatic rings. The summed E-state index contributed by atoms with van der Waals surface area (Å²) in [6, 6.07) is 5.61. The average molecular weight is 511 g/mol. The van der Waals surface area contributed by atoms with Gasteiger partial charge in [0.25, 0.3) is 0 Å². The summed E-state index contributed by atoms with van der Waals surface area (Å²) in [5, 5.41) is 11.2. The van der Waals surface area contributed by atoms with Gasteiger partial charge in [0.2, 0.25) is 6.41 Å². The minimum Gasteiger partial charge on any atom is -0.388 e. The number of morpholine rings is 1. The van der Waals surface area contributed by atoms with E-state index in [-0.39, 0.29) is 17.8 Å². The molecule has 2 heterocycles. The molecule has 1 saturated carbocycles. The Morgan fingerprint density at radius 1 is 1.27 bits per heavy atom. The zero-order chi connectivity index (χ0) is 26.7. The van der Waals surface area contributed by atoms with Gasteiger partial charge in [-0.25, -0.2) is 18.8 Å². The lowest BCUT2D eigenvalue weighted by Gasteiger charge is -2.38. The number of aliphatic imine (C=N–C) groups is 1. The fourth-order valence-corrected chi connectivity index (χ4v) is 4.20. The molecule has 2 atom stereocenters. The maximum absolute atomic E-state index is 15.0. The Morgan fingerprint density at radius 3 is 2.68 bits per heavy atom. The molecule has 196 valence electrons. The summed E-state index contributed by atoms with van der Waals surface area (Å²) in [5.74, 6) is -0.399. The van der Waals surface area contributed by atoms with E-state index >= 15 is 0 Å².